The van der Waals surface area contributed by atoms with Gasteiger partial charge < -0.3 is 14.7 Å². The molecule has 2 aromatic rings. The van der Waals surface area contributed by atoms with Crippen molar-refractivity contribution in [2.45, 2.75) is 13.8 Å². The second-order valence-electron chi connectivity index (χ2n) is 6.27. The lowest BCUT2D eigenvalue weighted by atomic mass is 10.2. The molecule has 0 spiro atoms. The summed E-state index contributed by atoms with van der Waals surface area (Å²) >= 11 is 12.5. The number of piperazine rings is 1. The summed E-state index contributed by atoms with van der Waals surface area (Å²) in [7, 11) is 0. The Hall–Kier alpha value is -2.05. The molecular weight excluding hydrogens is 385 g/mol. The molecule has 1 amide bonds. The highest BCUT2D eigenvalue weighted by molar-refractivity contribution is 6.33. The second kappa shape index (κ2) is 8.76. The van der Waals surface area contributed by atoms with E-state index in [0.29, 0.717) is 32.1 Å². The van der Waals surface area contributed by atoms with Gasteiger partial charge in [-0.25, -0.2) is 9.97 Å². The second-order valence-corrected chi connectivity index (χ2v) is 7.08. The molecule has 27 heavy (non-hydrogen) atoms. The van der Waals surface area contributed by atoms with E-state index in [0.717, 1.165) is 23.8 Å². The van der Waals surface area contributed by atoms with Crippen molar-refractivity contribution in [1.29, 1.82) is 0 Å². The average Bonchev–Trinajstić information content (AvgIpc) is 2.70. The number of benzene rings is 1. The molecule has 1 aromatic carbocycles. The van der Waals surface area contributed by atoms with Gasteiger partial charge in [-0.3, -0.25) is 4.79 Å². The van der Waals surface area contributed by atoms with Crippen LogP contribution in [0.4, 0.5) is 11.6 Å². The Kier molecular flexibility index (Phi) is 6.39. The summed E-state index contributed by atoms with van der Waals surface area (Å²) < 4.78 is 0. The maximum atomic E-state index is 13.0. The first kappa shape index (κ1) is 19.7. The van der Waals surface area contributed by atoms with Crippen LogP contribution in [0.3, 0.4) is 0 Å². The molecule has 1 aromatic heterocycles. The molecule has 6 nitrogen and oxygen atoms in total. The van der Waals surface area contributed by atoms with Gasteiger partial charge in [0.05, 0.1) is 21.9 Å². The van der Waals surface area contributed by atoms with Crippen LogP contribution in [0.2, 0.25) is 10.0 Å². The molecule has 0 saturated carbocycles. The van der Waals surface area contributed by atoms with Crippen molar-refractivity contribution in [3.63, 3.8) is 0 Å². The molecule has 1 fully saturated rings. The fourth-order valence-electron chi connectivity index (χ4n) is 3.18. The van der Waals surface area contributed by atoms with Gasteiger partial charge in [0, 0.05) is 39.3 Å². The Labute approximate surface area is 169 Å². The zero-order chi connectivity index (χ0) is 19.4. The van der Waals surface area contributed by atoms with Gasteiger partial charge in [-0.05, 0) is 26.0 Å². The third-order valence-corrected chi connectivity index (χ3v) is 5.34. The monoisotopic (exact) mass is 407 g/mol. The van der Waals surface area contributed by atoms with Gasteiger partial charge in [-0.15, -0.1) is 0 Å². The summed E-state index contributed by atoms with van der Waals surface area (Å²) in [6.07, 6.45) is 1.51. The van der Waals surface area contributed by atoms with Gasteiger partial charge in [0.15, 0.2) is 5.69 Å². The molecule has 1 saturated heterocycles. The van der Waals surface area contributed by atoms with E-state index in [1.54, 1.807) is 4.90 Å². The Morgan fingerprint density at radius 2 is 1.74 bits per heavy atom. The van der Waals surface area contributed by atoms with Crippen molar-refractivity contribution in [2.75, 3.05) is 49.1 Å². The van der Waals surface area contributed by atoms with Gasteiger partial charge in [-0.1, -0.05) is 35.3 Å². The minimum Gasteiger partial charge on any atom is -0.367 e. The number of aromatic nitrogens is 2. The first-order valence-corrected chi connectivity index (χ1v) is 9.87. The van der Waals surface area contributed by atoms with Crippen LogP contribution in [0.1, 0.15) is 24.3 Å². The highest BCUT2D eigenvalue weighted by Gasteiger charge is 2.26. The number of hydrogen-bond acceptors (Lipinski definition) is 5. The van der Waals surface area contributed by atoms with Gasteiger partial charge in [0.25, 0.3) is 5.91 Å². The highest BCUT2D eigenvalue weighted by Crippen LogP contribution is 2.26. The number of carbonyl (C=O) groups is 1. The lowest BCUT2D eigenvalue weighted by molar-refractivity contribution is 0.0741. The minimum absolute atomic E-state index is 0.158. The topological polar surface area (TPSA) is 52.6 Å². The predicted octanol–water partition coefficient (Wildman–Crippen LogP) is 3.59. The first-order chi connectivity index (χ1) is 13.0. The molecule has 144 valence electrons. The van der Waals surface area contributed by atoms with E-state index in [4.69, 9.17) is 23.2 Å². The lowest BCUT2D eigenvalue weighted by Crippen LogP contribution is -2.49. The van der Waals surface area contributed by atoms with Crippen LogP contribution in [0.25, 0.3) is 0 Å². The number of nitrogens with zero attached hydrogens (tertiary/aromatic N) is 5. The molecular formula is C19H23Cl2N5O. The van der Waals surface area contributed by atoms with E-state index in [1.807, 2.05) is 43.0 Å². The standard InChI is InChI=1S/C19H23Cl2N5O/c1-3-24(4-2)19-22-13-15(21)17(23-19)18(27)26-11-9-25(10-12-26)16-8-6-5-7-14(16)20/h5-8,13H,3-4,9-12H2,1-2H3. The smallest absolute Gasteiger partial charge is 0.274 e. The molecule has 0 bridgehead atoms. The van der Waals surface area contributed by atoms with E-state index in [1.165, 1.54) is 6.20 Å². The maximum Gasteiger partial charge on any atom is 0.274 e. The maximum absolute atomic E-state index is 13.0. The van der Waals surface area contributed by atoms with Crippen LogP contribution in [0.15, 0.2) is 30.5 Å². The van der Waals surface area contributed by atoms with Crippen LogP contribution < -0.4 is 9.80 Å². The summed E-state index contributed by atoms with van der Waals surface area (Å²) in [6.45, 7) is 8.18. The van der Waals surface area contributed by atoms with Crippen molar-refractivity contribution in [2.24, 2.45) is 0 Å². The normalized spacial score (nSPS) is 14.4. The first-order valence-electron chi connectivity index (χ1n) is 9.11. The molecule has 1 aliphatic rings. The van der Waals surface area contributed by atoms with E-state index >= 15 is 0 Å². The third-order valence-electron chi connectivity index (χ3n) is 4.74. The Morgan fingerprint density at radius 1 is 1.07 bits per heavy atom. The summed E-state index contributed by atoms with van der Waals surface area (Å²) in [4.78, 5) is 27.6. The molecule has 0 N–H and O–H groups in total. The van der Waals surface area contributed by atoms with Crippen LogP contribution >= 0.6 is 23.2 Å². The minimum atomic E-state index is -0.158. The number of anilines is 2. The molecule has 8 heteroatoms. The van der Waals surface area contributed by atoms with Gasteiger partial charge in [0.1, 0.15) is 0 Å². The fraction of sp³-hybridized carbons (Fsp3) is 0.421. The van der Waals surface area contributed by atoms with Crippen molar-refractivity contribution in [3.05, 3.63) is 46.2 Å². The highest BCUT2D eigenvalue weighted by atomic mass is 35.5. The van der Waals surface area contributed by atoms with Crippen LogP contribution in [0, 0.1) is 0 Å². The van der Waals surface area contributed by atoms with Gasteiger partial charge >= 0.3 is 0 Å². The molecule has 2 heterocycles. The molecule has 0 unspecified atom stereocenters. The van der Waals surface area contributed by atoms with Crippen molar-refractivity contribution >= 4 is 40.7 Å². The van der Waals surface area contributed by atoms with Crippen LogP contribution in [-0.2, 0) is 0 Å². The van der Waals surface area contributed by atoms with Crippen molar-refractivity contribution < 1.29 is 4.79 Å². The summed E-state index contributed by atoms with van der Waals surface area (Å²) in [5.74, 6) is 0.372. The van der Waals surface area contributed by atoms with Crippen LogP contribution in [0.5, 0.6) is 0 Å². The SMILES string of the molecule is CCN(CC)c1ncc(Cl)c(C(=O)N2CCN(c3ccccc3Cl)CC2)n1. The molecule has 1 aliphatic heterocycles. The Balaban J connectivity index is 1.72. The van der Waals surface area contributed by atoms with E-state index in [-0.39, 0.29) is 16.6 Å². The van der Waals surface area contributed by atoms with E-state index in [9.17, 15) is 4.79 Å². The quantitative estimate of drug-likeness (QED) is 0.757. The summed E-state index contributed by atoms with van der Waals surface area (Å²) in [5, 5.41) is 1.00. The molecule has 0 radical (unpaired) electrons. The number of amides is 1. The molecule has 0 atom stereocenters. The van der Waals surface area contributed by atoms with Crippen LogP contribution in [-0.4, -0.2) is 60.0 Å². The summed E-state index contributed by atoms with van der Waals surface area (Å²) in [6, 6.07) is 7.76. The van der Waals surface area contributed by atoms with Gasteiger partial charge in [-0.2, -0.15) is 0 Å². The molecule has 0 aliphatic carbocycles. The number of hydrogen-bond donors (Lipinski definition) is 0. The summed E-state index contributed by atoms with van der Waals surface area (Å²) in [5.41, 5.74) is 1.26. The third kappa shape index (κ3) is 4.28. The van der Waals surface area contributed by atoms with Gasteiger partial charge in [0.2, 0.25) is 5.95 Å². The average molecular weight is 408 g/mol. The zero-order valence-electron chi connectivity index (χ0n) is 15.5. The van der Waals surface area contributed by atoms with E-state index < -0.39 is 0 Å². The lowest BCUT2D eigenvalue weighted by Gasteiger charge is -2.36. The zero-order valence-corrected chi connectivity index (χ0v) is 17.0. The molecule has 3 rings (SSSR count). The van der Waals surface area contributed by atoms with Crippen molar-refractivity contribution in [3.8, 4) is 0 Å². The Morgan fingerprint density at radius 3 is 2.37 bits per heavy atom. The fourth-order valence-corrected chi connectivity index (χ4v) is 3.60. The number of halogens is 2. The van der Waals surface area contributed by atoms with Crippen molar-refractivity contribution in [1.82, 2.24) is 14.9 Å². The number of rotatable bonds is 5. The number of carbonyl (C=O) groups excluding carboxylic acids is 1. The largest absolute Gasteiger partial charge is 0.367 e. The van der Waals surface area contributed by atoms with E-state index in [2.05, 4.69) is 14.9 Å². The predicted molar refractivity (Wildman–Crippen MR) is 110 cm³/mol. The number of para-hydroxylation sites is 1. The Bertz CT molecular complexity index is 804.